The number of hydrogen-bond donors (Lipinski definition) is 0. The second-order valence-electron chi connectivity index (χ2n) is 12.7. The Bertz CT molecular complexity index is 455. The largest absolute Gasteiger partial charge is 1.00 e. The van der Waals surface area contributed by atoms with Gasteiger partial charge in [-0.15, -0.1) is 0 Å². The van der Waals surface area contributed by atoms with E-state index in [1.807, 2.05) is 0 Å². The number of carboxylic acids is 1. The first-order valence-corrected chi connectivity index (χ1v) is 18.1. The Morgan fingerprint density at radius 2 is 0.700 bits per heavy atom. The molecule has 0 bridgehead atoms. The third kappa shape index (κ3) is 32.5. The zero-order valence-corrected chi connectivity index (χ0v) is 28.3. The van der Waals surface area contributed by atoms with Gasteiger partial charge >= 0.3 is 18.9 Å². The zero-order valence-electron chi connectivity index (χ0n) is 28.3. The molecule has 1 atom stereocenters. The maximum absolute atomic E-state index is 11.2. The van der Waals surface area contributed by atoms with Gasteiger partial charge in [0.15, 0.2) is 0 Å². The van der Waals surface area contributed by atoms with Crippen molar-refractivity contribution < 1.29 is 28.8 Å². The van der Waals surface area contributed by atoms with Crippen molar-refractivity contribution in [2.45, 2.75) is 213 Å². The van der Waals surface area contributed by atoms with E-state index >= 15 is 0 Å². The zero-order chi connectivity index (χ0) is 28.7. The topological polar surface area (TPSA) is 43.4 Å². The summed E-state index contributed by atoms with van der Waals surface area (Å²) in [7, 11) is 0. The molecule has 0 fully saturated rings. The molecular formula is C36H72LiNO2. The van der Waals surface area contributed by atoms with Gasteiger partial charge < -0.3 is 14.8 Å². The van der Waals surface area contributed by atoms with E-state index in [4.69, 9.17) is 0 Å². The summed E-state index contributed by atoms with van der Waals surface area (Å²) in [6.07, 6.45) is 38.8. The number of carbonyl (C=O) groups is 1. The SMILES string of the molecule is CCCCCCCCCCCCCCCCN(CCCCCCCCCCCCCCCC)C(C)CC(=O)[O-].[Li+]. The number of rotatable bonds is 33. The second kappa shape index (κ2) is 35.2. The van der Waals surface area contributed by atoms with Crippen molar-refractivity contribution in [1.29, 1.82) is 0 Å². The Morgan fingerprint density at radius 1 is 0.475 bits per heavy atom. The van der Waals surface area contributed by atoms with E-state index in [-0.39, 0.29) is 31.3 Å². The van der Waals surface area contributed by atoms with Gasteiger partial charge in [0.1, 0.15) is 0 Å². The first-order chi connectivity index (χ1) is 19.1. The van der Waals surface area contributed by atoms with Crippen molar-refractivity contribution in [3.05, 3.63) is 0 Å². The first-order valence-electron chi connectivity index (χ1n) is 18.1. The molecule has 0 aliphatic heterocycles. The molecule has 0 saturated carbocycles. The van der Waals surface area contributed by atoms with Gasteiger partial charge in [-0.25, -0.2) is 0 Å². The number of unbranched alkanes of at least 4 members (excludes halogenated alkanes) is 26. The summed E-state index contributed by atoms with van der Waals surface area (Å²) < 4.78 is 0. The fourth-order valence-corrected chi connectivity index (χ4v) is 5.94. The van der Waals surface area contributed by atoms with Crippen LogP contribution in [0.5, 0.6) is 0 Å². The van der Waals surface area contributed by atoms with Crippen LogP contribution < -0.4 is 24.0 Å². The van der Waals surface area contributed by atoms with Gasteiger partial charge in [-0.05, 0) is 32.9 Å². The van der Waals surface area contributed by atoms with Crippen LogP contribution in [0.1, 0.15) is 207 Å². The summed E-state index contributed by atoms with van der Waals surface area (Å²) in [6, 6.07) is 0.0962. The molecule has 0 aromatic heterocycles. The predicted molar refractivity (Wildman–Crippen MR) is 171 cm³/mol. The van der Waals surface area contributed by atoms with Gasteiger partial charge in [0.2, 0.25) is 0 Å². The molecule has 0 aliphatic carbocycles. The summed E-state index contributed by atoms with van der Waals surface area (Å²) in [6.45, 7) is 8.74. The van der Waals surface area contributed by atoms with E-state index in [2.05, 4.69) is 25.7 Å². The molecule has 4 heteroatoms. The monoisotopic (exact) mass is 558 g/mol. The Morgan fingerprint density at radius 3 is 0.925 bits per heavy atom. The third-order valence-corrected chi connectivity index (χ3v) is 8.68. The van der Waals surface area contributed by atoms with Gasteiger partial charge in [0, 0.05) is 18.4 Å². The van der Waals surface area contributed by atoms with Crippen molar-refractivity contribution in [3.8, 4) is 0 Å². The molecule has 40 heavy (non-hydrogen) atoms. The molecule has 0 spiro atoms. The quantitative estimate of drug-likeness (QED) is 0.0611. The maximum Gasteiger partial charge on any atom is 1.00 e. The number of nitrogens with zero attached hydrogens (tertiary/aromatic N) is 1. The Labute approximate surface area is 265 Å². The Hall–Kier alpha value is 0.0274. The Kier molecular flexibility index (Phi) is 37.1. The molecule has 234 valence electrons. The van der Waals surface area contributed by atoms with Crippen LogP contribution in [-0.4, -0.2) is 30.0 Å². The standard InChI is InChI=1S/C36H73NO2.Li/c1-4-6-8-10-12-14-16-18-20-22-24-26-28-30-32-37(35(3)34-36(38)39)33-31-29-27-25-23-21-19-17-15-13-11-9-7-5-2;/h35H,4-34H2,1-3H3,(H,38,39);/q;+1/p-1. The first kappa shape index (κ1) is 42.2. The smallest absolute Gasteiger partial charge is 0.550 e. The van der Waals surface area contributed by atoms with Crippen LogP contribution in [0.25, 0.3) is 0 Å². The van der Waals surface area contributed by atoms with E-state index in [1.54, 1.807) is 0 Å². The van der Waals surface area contributed by atoms with Crippen LogP contribution in [0.15, 0.2) is 0 Å². The summed E-state index contributed by atoms with van der Waals surface area (Å²) >= 11 is 0. The molecule has 0 heterocycles. The molecule has 0 radical (unpaired) electrons. The number of hydrogen-bond acceptors (Lipinski definition) is 3. The van der Waals surface area contributed by atoms with E-state index in [0.717, 1.165) is 13.1 Å². The van der Waals surface area contributed by atoms with Crippen molar-refractivity contribution in [2.75, 3.05) is 13.1 Å². The summed E-state index contributed by atoms with van der Waals surface area (Å²) in [5.41, 5.74) is 0. The summed E-state index contributed by atoms with van der Waals surface area (Å²) in [4.78, 5) is 13.6. The van der Waals surface area contributed by atoms with Gasteiger partial charge in [-0.2, -0.15) is 0 Å². The number of carboxylic acid groups (broad SMARTS) is 1. The minimum atomic E-state index is -0.908. The summed E-state index contributed by atoms with van der Waals surface area (Å²) in [5.74, 6) is -0.908. The van der Waals surface area contributed by atoms with Crippen molar-refractivity contribution in [1.82, 2.24) is 4.90 Å². The van der Waals surface area contributed by atoms with E-state index < -0.39 is 5.97 Å². The van der Waals surface area contributed by atoms with Crippen molar-refractivity contribution in [3.63, 3.8) is 0 Å². The van der Waals surface area contributed by atoms with Crippen molar-refractivity contribution >= 4 is 5.97 Å². The van der Waals surface area contributed by atoms with Gasteiger partial charge in [0.05, 0.1) is 0 Å². The fraction of sp³-hybridized carbons (Fsp3) is 0.972. The van der Waals surface area contributed by atoms with Crippen LogP contribution >= 0.6 is 0 Å². The molecule has 0 N–H and O–H groups in total. The molecule has 0 amide bonds. The molecule has 0 rings (SSSR count). The minimum absolute atomic E-state index is 0. The normalized spacial score (nSPS) is 12.1. The number of carbonyl (C=O) groups excluding carboxylic acids is 1. The maximum atomic E-state index is 11.2. The molecular weight excluding hydrogens is 485 g/mol. The summed E-state index contributed by atoms with van der Waals surface area (Å²) in [5, 5.41) is 11.2. The number of aliphatic carboxylic acids is 1. The van der Waals surface area contributed by atoms with E-state index in [0.29, 0.717) is 0 Å². The molecule has 0 saturated heterocycles. The molecule has 0 aromatic carbocycles. The van der Waals surface area contributed by atoms with Gasteiger partial charge in [0.25, 0.3) is 0 Å². The molecule has 0 aromatic rings. The predicted octanol–water partition coefficient (Wildman–Crippen LogP) is 7.78. The van der Waals surface area contributed by atoms with Crippen LogP contribution in [-0.2, 0) is 4.79 Å². The van der Waals surface area contributed by atoms with Gasteiger partial charge in [-0.3, -0.25) is 0 Å². The van der Waals surface area contributed by atoms with Crippen LogP contribution in [0, 0.1) is 0 Å². The Balaban J connectivity index is 0. The second-order valence-corrected chi connectivity index (χ2v) is 12.7. The van der Waals surface area contributed by atoms with E-state index in [9.17, 15) is 9.90 Å². The van der Waals surface area contributed by atoms with Crippen LogP contribution in [0.3, 0.4) is 0 Å². The fourth-order valence-electron chi connectivity index (χ4n) is 5.94. The average molecular weight is 558 g/mol. The molecule has 0 aliphatic rings. The van der Waals surface area contributed by atoms with Gasteiger partial charge in [-0.1, -0.05) is 181 Å². The molecule has 3 nitrogen and oxygen atoms in total. The van der Waals surface area contributed by atoms with Crippen LogP contribution in [0.2, 0.25) is 0 Å². The van der Waals surface area contributed by atoms with Crippen LogP contribution in [0.4, 0.5) is 0 Å². The average Bonchev–Trinajstić information content (AvgIpc) is 2.91. The van der Waals surface area contributed by atoms with E-state index in [1.165, 1.54) is 180 Å². The molecule has 1 unspecified atom stereocenters. The minimum Gasteiger partial charge on any atom is -0.550 e. The third-order valence-electron chi connectivity index (χ3n) is 8.68. The van der Waals surface area contributed by atoms with Crippen molar-refractivity contribution in [2.24, 2.45) is 0 Å².